The van der Waals surface area contributed by atoms with Crippen LogP contribution in [0.3, 0.4) is 0 Å². The predicted octanol–water partition coefficient (Wildman–Crippen LogP) is 1.29. The molecule has 0 bridgehead atoms. The van der Waals surface area contributed by atoms with Crippen molar-refractivity contribution in [2.45, 2.75) is 38.6 Å². The zero-order valence-corrected chi connectivity index (χ0v) is 10.1. The van der Waals surface area contributed by atoms with Crippen LogP contribution in [0.1, 0.15) is 41.0 Å². The molecule has 6 heteroatoms. The molecule has 0 saturated carbocycles. The molecule has 18 heavy (non-hydrogen) atoms. The number of nitrogens with zero attached hydrogens (tertiary/aromatic N) is 3. The van der Waals surface area contributed by atoms with Crippen molar-refractivity contribution in [3.8, 4) is 0 Å². The van der Waals surface area contributed by atoms with Crippen molar-refractivity contribution in [3.05, 3.63) is 17.0 Å². The molecule has 1 N–H and O–H groups in total. The van der Waals surface area contributed by atoms with Gasteiger partial charge >= 0.3 is 6.09 Å². The van der Waals surface area contributed by atoms with Gasteiger partial charge in [0.15, 0.2) is 0 Å². The van der Waals surface area contributed by atoms with E-state index in [-0.39, 0.29) is 6.54 Å². The largest absolute Gasteiger partial charge is 0.465 e. The van der Waals surface area contributed by atoms with E-state index in [1.165, 1.54) is 0 Å². The number of amides is 2. The summed E-state index contributed by atoms with van der Waals surface area (Å²) < 4.78 is 1.90. The van der Waals surface area contributed by atoms with Crippen LogP contribution in [0.2, 0.25) is 0 Å². The molecule has 0 saturated heterocycles. The van der Waals surface area contributed by atoms with Gasteiger partial charge in [-0.3, -0.25) is 9.48 Å². The topological polar surface area (TPSA) is 75.4 Å². The van der Waals surface area contributed by atoms with E-state index in [4.69, 9.17) is 5.11 Å². The molecule has 1 aromatic heterocycles. The van der Waals surface area contributed by atoms with Gasteiger partial charge in [-0.1, -0.05) is 6.42 Å². The first-order valence-electron chi connectivity index (χ1n) is 6.32. The average molecular weight is 249 g/mol. The Morgan fingerprint density at radius 1 is 1.17 bits per heavy atom. The van der Waals surface area contributed by atoms with Gasteiger partial charge in [-0.05, 0) is 19.3 Å². The van der Waals surface area contributed by atoms with Crippen molar-refractivity contribution in [2.24, 2.45) is 0 Å². The van der Waals surface area contributed by atoms with Crippen LogP contribution < -0.4 is 0 Å². The molecule has 0 fully saturated rings. The first-order valence-corrected chi connectivity index (χ1v) is 6.32. The molecular formula is C12H15N3O3. The number of fused-ring (bicyclic) bond motifs is 3. The molecule has 2 amide bonds. The van der Waals surface area contributed by atoms with Gasteiger partial charge in [0.25, 0.3) is 5.91 Å². The van der Waals surface area contributed by atoms with E-state index >= 15 is 0 Å². The summed E-state index contributed by atoms with van der Waals surface area (Å²) in [6.45, 7) is 1.06. The van der Waals surface area contributed by atoms with E-state index < -0.39 is 12.0 Å². The highest BCUT2D eigenvalue weighted by atomic mass is 16.4. The SMILES string of the molecule is O=C(O)N1CCc2nn3c(c2C1=O)CCCCC3. The fourth-order valence-corrected chi connectivity index (χ4v) is 2.78. The number of imide groups is 1. The molecule has 0 radical (unpaired) electrons. The molecule has 1 aromatic rings. The zero-order chi connectivity index (χ0) is 12.7. The number of aryl methyl sites for hydroxylation is 1. The second kappa shape index (κ2) is 4.12. The van der Waals surface area contributed by atoms with Crippen molar-refractivity contribution in [3.63, 3.8) is 0 Å². The minimum atomic E-state index is -1.17. The number of aromatic nitrogens is 2. The summed E-state index contributed by atoms with van der Waals surface area (Å²) >= 11 is 0. The Morgan fingerprint density at radius 2 is 2.00 bits per heavy atom. The van der Waals surface area contributed by atoms with Gasteiger partial charge in [0, 0.05) is 19.5 Å². The molecule has 0 unspecified atom stereocenters. The lowest BCUT2D eigenvalue weighted by Crippen LogP contribution is -2.41. The normalized spacial score (nSPS) is 19.1. The van der Waals surface area contributed by atoms with Gasteiger partial charge in [0.05, 0.1) is 17.0 Å². The third kappa shape index (κ3) is 1.60. The lowest BCUT2D eigenvalue weighted by molar-refractivity contribution is 0.0725. The van der Waals surface area contributed by atoms with Crippen LogP contribution in [-0.4, -0.2) is 38.3 Å². The second-order valence-electron chi connectivity index (χ2n) is 4.79. The third-order valence-corrected chi connectivity index (χ3v) is 3.68. The van der Waals surface area contributed by atoms with Crippen LogP contribution in [0.25, 0.3) is 0 Å². The summed E-state index contributed by atoms with van der Waals surface area (Å²) in [6.07, 6.45) is 3.44. The highest BCUT2D eigenvalue weighted by molar-refractivity contribution is 6.05. The lowest BCUT2D eigenvalue weighted by Gasteiger charge is -2.21. The summed E-state index contributed by atoms with van der Waals surface area (Å²) in [7, 11) is 0. The standard InChI is InChI=1S/C12H15N3O3/c16-11-10-8(5-7-14(11)12(17)18)13-15-6-3-1-2-4-9(10)15/h1-7H2,(H,17,18). The van der Waals surface area contributed by atoms with Crippen LogP contribution in [0.4, 0.5) is 4.79 Å². The van der Waals surface area contributed by atoms with E-state index in [2.05, 4.69) is 5.10 Å². The number of rotatable bonds is 0. The lowest BCUT2D eigenvalue weighted by atomic mass is 10.0. The third-order valence-electron chi connectivity index (χ3n) is 3.68. The van der Waals surface area contributed by atoms with Gasteiger partial charge in [0.2, 0.25) is 0 Å². The average Bonchev–Trinajstić information content (AvgIpc) is 2.52. The van der Waals surface area contributed by atoms with Crippen molar-refractivity contribution in [2.75, 3.05) is 6.54 Å². The molecule has 96 valence electrons. The van der Waals surface area contributed by atoms with E-state index in [1.54, 1.807) is 0 Å². The summed E-state index contributed by atoms with van der Waals surface area (Å²) in [4.78, 5) is 24.1. The molecule has 3 heterocycles. The molecule has 3 rings (SSSR count). The molecule has 0 aliphatic carbocycles. The van der Waals surface area contributed by atoms with Crippen molar-refractivity contribution in [1.29, 1.82) is 0 Å². The number of carboxylic acid groups (broad SMARTS) is 1. The molecule has 2 aliphatic rings. The fourth-order valence-electron chi connectivity index (χ4n) is 2.78. The Bertz CT molecular complexity index is 521. The van der Waals surface area contributed by atoms with Gasteiger partial charge in [-0.2, -0.15) is 5.10 Å². The Balaban J connectivity index is 2.05. The quantitative estimate of drug-likeness (QED) is 0.751. The number of carbonyl (C=O) groups is 2. The number of hydrogen-bond acceptors (Lipinski definition) is 3. The summed E-state index contributed by atoms with van der Waals surface area (Å²) in [5.41, 5.74) is 2.25. The Hall–Kier alpha value is -1.85. The van der Waals surface area contributed by atoms with Gasteiger partial charge in [0.1, 0.15) is 0 Å². The molecule has 0 aromatic carbocycles. The monoisotopic (exact) mass is 249 g/mol. The van der Waals surface area contributed by atoms with Crippen molar-refractivity contribution < 1.29 is 14.7 Å². The van der Waals surface area contributed by atoms with Crippen molar-refractivity contribution in [1.82, 2.24) is 14.7 Å². The Morgan fingerprint density at radius 3 is 2.78 bits per heavy atom. The Kier molecular flexibility index (Phi) is 2.57. The Labute approximate surface area is 104 Å². The zero-order valence-electron chi connectivity index (χ0n) is 10.1. The number of hydrogen-bond donors (Lipinski definition) is 1. The smallest absolute Gasteiger partial charge is 0.414 e. The first-order chi connectivity index (χ1) is 8.68. The summed E-state index contributed by atoms with van der Waals surface area (Å²) in [6, 6.07) is 0. The van der Waals surface area contributed by atoms with E-state index in [0.29, 0.717) is 12.0 Å². The first kappa shape index (κ1) is 11.3. The van der Waals surface area contributed by atoms with Crippen molar-refractivity contribution >= 4 is 12.0 Å². The van der Waals surface area contributed by atoms with E-state index in [9.17, 15) is 9.59 Å². The number of carbonyl (C=O) groups excluding carboxylic acids is 1. The predicted molar refractivity (Wildman–Crippen MR) is 62.5 cm³/mol. The maximum absolute atomic E-state index is 12.2. The van der Waals surface area contributed by atoms with Crippen LogP contribution in [0, 0.1) is 0 Å². The highest BCUT2D eigenvalue weighted by Crippen LogP contribution is 2.26. The molecule has 0 spiro atoms. The molecule has 0 atom stereocenters. The summed E-state index contributed by atoms with van der Waals surface area (Å²) in [5.74, 6) is -0.396. The van der Waals surface area contributed by atoms with Crippen LogP contribution >= 0.6 is 0 Å². The van der Waals surface area contributed by atoms with Gasteiger partial charge in [-0.15, -0.1) is 0 Å². The van der Waals surface area contributed by atoms with Crippen LogP contribution in [0.15, 0.2) is 0 Å². The van der Waals surface area contributed by atoms with Crippen LogP contribution in [-0.2, 0) is 19.4 Å². The van der Waals surface area contributed by atoms with Gasteiger partial charge < -0.3 is 5.11 Å². The van der Waals surface area contributed by atoms with Gasteiger partial charge in [-0.25, -0.2) is 9.69 Å². The molecule has 6 nitrogen and oxygen atoms in total. The fraction of sp³-hybridized carbons (Fsp3) is 0.583. The van der Waals surface area contributed by atoms with Crippen LogP contribution in [0.5, 0.6) is 0 Å². The molecule has 2 aliphatic heterocycles. The minimum Gasteiger partial charge on any atom is -0.465 e. The maximum Gasteiger partial charge on any atom is 0.414 e. The van der Waals surface area contributed by atoms with E-state index in [1.807, 2.05) is 4.68 Å². The second-order valence-corrected chi connectivity index (χ2v) is 4.79. The molecular weight excluding hydrogens is 234 g/mol. The van der Waals surface area contributed by atoms with E-state index in [0.717, 1.165) is 48.5 Å². The summed E-state index contributed by atoms with van der Waals surface area (Å²) in [5, 5.41) is 13.5. The maximum atomic E-state index is 12.2. The highest BCUT2D eigenvalue weighted by Gasteiger charge is 2.34. The minimum absolute atomic E-state index is 0.220.